The first-order valence-electron chi connectivity index (χ1n) is 4.69. The second-order valence-corrected chi connectivity index (χ2v) is 4.53. The van der Waals surface area contributed by atoms with Gasteiger partial charge in [-0.15, -0.1) is 0 Å². The summed E-state index contributed by atoms with van der Waals surface area (Å²) in [4.78, 5) is 0. The van der Waals surface area contributed by atoms with Crippen molar-refractivity contribution in [3.63, 3.8) is 0 Å². The van der Waals surface area contributed by atoms with E-state index in [1.165, 1.54) is 25.7 Å². The van der Waals surface area contributed by atoms with Crippen LogP contribution in [0.25, 0.3) is 0 Å². The van der Waals surface area contributed by atoms with Crippen molar-refractivity contribution in [1.82, 2.24) is 0 Å². The molecule has 0 amide bonds. The maximum atomic E-state index is 9.23. The lowest BCUT2D eigenvalue weighted by Gasteiger charge is -2.52. The first kappa shape index (κ1) is 9.05. The Kier molecular flexibility index (Phi) is 2.29. The molecule has 1 N–H and O–H groups in total. The van der Waals surface area contributed by atoms with Crippen LogP contribution in [0.3, 0.4) is 0 Å². The van der Waals surface area contributed by atoms with E-state index in [0.717, 1.165) is 0 Å². The van der Waals surface area contributed by atoms with Crippen molar-refractivity contribution in [1.29, 1.82) is 0 Å². The molecule has 1 aliphatic rings. The van der Waals surface area contributed by atoms with Gasteiger partial charge in [0.15, 0.2) is 0 Å². The number of hydrogen-bond donors (Lipinski definition) is 1. The Balaban J connectivity index is 2.68. The van der Waals surface area contributed by atoms with Gasteiger partial charge in [-0.25, -0.2) is 0 Å². The van der Waals surface area contributed by atoms with Crippen molar-refractivity contribution >= 4 is 0 Å². The fraction of sp³-hybridized carbons (Fsp3) is 1.00. The largest absolute Gasteiger partial charge is 0.396 e. The van der Waals surface area contributed by atoms with E-state index in [2.05, 4.69) is 20.8 Å². The van der Waals surface area contributed by atoms with E-state index in [-0.39, 0.29) is 5.41 Å². The third-order valence-corrected chi connectivity index (χ3v) is 3.82. The molecule has 0 spiro atoms. The maximum absolute atomic E-state index is 9.23. The molecule has 1 nitrogen and oxygen atoms in total. The lowest BCUT2D eigenvalue weighted by atomic mass is 9.53. The van der Waals surface area contributed by atoms with Gasteiger partial charge in [-0.2, -0.15) is 0 Å². The van der Waals surface area contributed by atoms with Crippen LogP contribution >= 0.6 is 0 Å². The summed E-state index contributed by atoms with van der Waals surface area (Å²) in [7, 11) is 0. The molecule has 0 aromatic rings. The SMILES string of the molecule is CCC1(C(C)(C)CO)CCC1. The van der Waals surface area contributed by atoms with Gasteiger partial charge in [-0.1, -0.05) is 27.2 Å². The van der Waals surface area contributed by atoms with Crippen LogP contribution in [0.2, 0.25) is 0 Å². The van der Waals surface area contributed by atoms with Crippen LogP contribution in [-0.4, -0.2) is 11.7 Å². The van der Waals surface area contributed by atoms with Gasteiger partial charge in [0.1, 0.15) is 0 Å². The Labute approximate surface area is 69.8 Å². The highest BCUT2D eigenvalue weighted by Crippen LogP contribution is 2.55. The second-order valence-electron chi connectivity index (χ2n) is 4.53. The molecule has 11 heavy (non-hydrogen) atoms. The van der Waals surface area contributed by atoms with E-state index in [4.69, 9.17) is 0 Å². The molecule has 1 rings (SSSR count). The van der Waals surface area contributed by atoms with Crippen LogP contribution in [0.1, 0.15) is 46.5 Å². The van der Waals surface area contributed by atoms with E-state index in [9.17, 15) is 5.11 Å². The van der Waals surface area contributed by atoms with Gasteiger partial charge in [-0.05, 0) is 30.1 Å². The number of hydrogen-bond acceptors (Lipinski definition) is 1. The highest BCUT2D eigenvalue weighted by molar-refractivity contribution is 4.97. The summed E-state index contributed by atoms with van der Waals surface area (Å²) in [5.74, 6) is 0. The van der Waals surface area contributed by atoms with E-state index in [1.807, 2.05) is 0 Å². The molecule has 0 unspecified atom stereocenters. The van der Waals surface area contributed by atoms with Gasteiger partial charge in [0.2, 0.25) is 0 Å². The minimum atomic E-state index is 0.139. The van der Waals surface area contributed by atoms with Crippen molar-refractivity contribution in [2.24, 2.45) is 10.8 Å². The zero-order valence-electron chi connectivity index (χ0n) is 7.98. The van der Waals surface area contributed by atoms with Gasteiger partial charge >= 0.3 is 0 Å². The Morgan fingerprint density at radius 2 is 1.91 bits per heavy atom. The molecule has 1 aliphatic carbocycles. The van der Waals surface area contributed by atoms with Crippen LogP contribution in [0.15, 0.2) is 0 Å². The lowest BCUT2D eigenvalue weighted by molar-refractivity contribution is -0.0543. The van der Waals surface area contributed by atoms with Crippen molar-refractivity contribution in [2.75, 3.05) is 6.61 Å². The molecule has 66 valence electrons. The zero-order chi connectivity index (χ0) is 8.54. The fourth-order valence-electron chi connectivity index (χ4n) is 2.28. The van der Waals surface area contributed by atoms with Gasteiger partial charge in [0.05, 0.1) is 0 Å². The quantitative estimate of drug-likeness (QED) is 0.666. The summed E-state index contributed by atoms with van der Waals surface area (Å²) in [6.45, 7) is 6.96. The average molecular weight is 156 g/mol. The Morgan fingerprint density at radius 3 is 2.00 bits per heavy atom. The highest BCUT2D eigenvalue weighted by Gasteiger charge is 2.47. The molecule has 1 saturated carbocycles. The molecule has 0 heterocycles. The smallest absolute Gasteiger partial charge is 0.0487 e. The van der Waals surface area contributed by atoms with Crippen molar-refractivity contribution in [3.8, 4) is 0 Å². The topological polar surface area (TPSA) is 20.2 Å². The number of aliphatic hydroxyl groups excluding tert-OH is 1. The minimum absolute atomic E-state index is 0.139. The zero-order valence-corrected chi connectivity index (χ0v) is 7.98. The van der Waals surface area contributed by atoms with Crippen molar-refractivity contribution < 1.29 is 5.11 Å². The summed E-state index contributed by atoms with van der Waals surface area (Å²) in [6.07, 6.45) is 5.21. The summed E-state index contributed by atoms with van der Waals surface area (Å²) in [6, 6.07) is 0. The molecular weight excluding hydrogens is 136 g/mol. The van der Waals surface area contributed by atoms with Crippen molar-refractivity contribution in [3.05, 3.63) is 0 Å². The van der Waals surface area contributed by atoms with Crippen LogP contribution in [-0.2, 0) is 0 Å². The first-order valence-corrected chi connectivity index (χ1v) is 4.69. The lowest BCUT2D eigenvalue weighted by Crippen LogP contribution is -2.45. The van der Waals surface area contributed by atoms with E-state index in [1.54, 1.807) is 0 Å². The molecule has 0 aromatic carbocycles. The molecule has 1 fully saturated rings. The first-order chi connectivity index (χ1) is 5.08. The molecule has 0 atom stereocenters. The van der Waals surface area contributed by atoms with Crippen LogP contribution in [0.5, 0.6) is 0 Å². The standard InChI is InChI=1S/C10H20O/c1-4-10(6-5-7-10)9(2,3)8-11/h11H,4-8H2,1-3H3. The predicted molar refractivity (Wildman–Crippen MR) is 47.4 cm³/mol. The molecule has 0 bridgehead atoms. The van der Waals surface area contributed by atoms with Gasteiger partial charge in [-0.3, -0.25) is 0 Å². The number of aliphatic hydroxyl groups is 1. The van der Waals surface area contributed by atoms with E-state index in [0.29, 0.717) is 12.0 Å². The Bertz CT molecular complexity index is 128. The second kappa shape index (κ2) is 2.78. The maximum Gasteiger partial charge on any atom is 0.0487 e. The Hall–Kier alpha value is -0.0400. The molecule has 1 heteroatoms. The van der Waals surface area contributed by atoms with Gasteiger partial charge in [0.25, 0.3) is 0 Å². The third kappa shape index (κ3) is 1.20. The molecular formula is C10H20O. The molecule has 0 saturated heterocycles. The molecule has 0 aromatic heterocycles. The average Bonchev–Trinajstić information content (AvgIpc) is 1.86. The van der Waals surface area contributed by atoms with Crippen LogP contribution < -0.4 is 0 Å². The summed E-state index contributed by atoms with van der Waals surface area (Å²) in [5.41, 5.74) is 0.599. The van der Waals surface area contributed by atoms with Gasteiger partial charge in [0, 0.05) is 6.61 Å². The van der Waals surface area contributed by atoms with E-state index >= 15 is 0 Å². The van der Waals surface area contributed by atoms with E-state index < -0.39 is 0 Å². The van der Waals surface area contributed by atoms with Gasteiger partial charge < -0.3 is 5.11 Å². The number of rotatable bonds is 3. The van der Waals surface area contributed by atoms with Crippen molar-refractivity contribution in [2.45, 2.75) is 46.5 Å². The summed E-state index contributed by atoms with van der Waals surface area (Å²) < 4.78 is 0. The summed E-state index contributed by atoms with van der Waals surface area (Å²) >= 11 is 0. The van der Waals surface area contributed by atoms with Crippen LogP contribution in [0, 0.1) is 10.8 Å². The molecule has 0 radical (unpaired) electrons. The molecule has 0 aliphatic heterocycles. The normalized spacial score (nSPS) is 22.9. The third-order valence-electron chi connectivity index (χ3n) is 3.82. The highest BCUT2D eigenvalue weighted by atomic mass is 16.3. The monoisotopic (exact) mass is 156 g/mol. The minimum Gasteiger partial charge on any atom is -0.396 e. The summed E-state index contributed by atoms with van der Waals surface area (Å²) in [5, 5.41) is 9.23. The Morgan fingerprint density at radius 1 is 1.36 bits per heavy atom. The fourth-order valence-corrected chi connectivity index (χ4v) is 2.28. The predicted octanol–water partition coefficient (Wildman–Crippen LogP) is 2.59. The van der Waals surface area contributed by atoms with Crippen LogP contribution in [0.4, 0.5) is 0 Å².